The Morgan fingerprint density at radius 1 is 1.36 bits per heavy atom. The van der Waals surface area contributed by atoms with Crippen LogP contribution in [-0.4, -0.2) is 37.0 Å². The van der Waals surface area contributed by atoms with Gasteiger partial charge in [-0.3, -0.25) is 0 Å². The highest BCUT2D eigenvalue weighted by molar-refractivity contribution is 5.20. The van der Waals surface area contributed by atoms with Crippen LogP contribution in [0.15, 0.2) is 18.5 Å². The van der Waals surface area contributed by atoms with Crippen LogP contribution in [0, 0.1) is 0 Å². The normalized spacial score (nSPS) is 19.6. The highest BCUT2D eigenvalue weighted by atomic mass is 16.6. The number of tetrazole rings is 1. The van der Waals surface area contributed by atoms with Crippen molar-refractivity contribution in [1.82, 2.24) is 30.4 Å². The van der Waals surface area contributed by atoms with Crippen LogP contribution in [-0.2, 0) is 4.74 Å². The summed E-state index contributed by atoms with van der Waals surface area (Å²) in [6.07, 6.45) is 1.60. The maximum absolute atomic E-state index is 5.08. The summed E-state index contributed by atoms with van der Waals surface area (Å²) in [6, 6.07) is 3.67. The first-order valence-corrected chi connectivity index (χ1v) is 4.12. The number of aromatic nitrogens is 6. The summed E-state index contributed by atoms with van der Waals surface area (Å²) >= 11 is 0. The Hall–Kier alpha value is -1.89. The van der Waals surface area contributed by atoms with E-state index in [1.807, 2.05) is 6.07 Å². The molecule has 1 unspecified atom stereocenters. The van der Waals surface area contributed by atoms with Gasteiger partial charge in [0.05, 0.1) is 12.3 Å². The molecule has 1 aliphatic heterocycles. The Kier molecular flexibility index (Phi) is 1.51. The fourth-order valence-electron chi connectivity index (χ4n) is 1.11. The Morgan fingerprint density at radius 2 is 2.29 bits per heavy atom. The molecule has 0 saturated carbocycles. The summed E-state index contributed by atoms with van der Waals surface area (Å²) < 4.78 is 6.52. The van der Waals surface area contributed by atoms with Crippen molar-refractivity contribution in [2.45, 2.75) is 6.10 Å². The molecule has 1 fully saturated rings. The molecule has 0 amide bonds. The lowest BCUT2D eigenvalue weighted by atomic mass is 10.3. The van der Waals surface area contributed by atoms with Crippen molar-refractivity contribution in [3.63, 3.8) is 0 Å². The van der Waals surface area contributed by atoms with Crippen molar-refractivity contribution in [2.24, 2.45) is 0 Å². The fraction of sp³-hybridized carbons (Fsp3) is 0.286. The number of nitrogens with zero attached hydrogens (tertiary/aromatic N) is 6. The summed E-state index contributed by atoms with van der Waals surface area (Å²) in [6.45, 7) is 0.735. The average Bonchev–Trinajstić information content (AvgIpc) is 2.94. The van der Waals surface area contributed by atoms with E-state index < -0.39 is 0 Å². The molecule has 7 nitrogen and oxygen atoms in total. The molecular formula is C7H6N6O. The van der Waals surface area contributed by atoms with E-state index in [4.69, 9.17) is 4.74 Å². The van der Waals surface area contributed by atoms with Gasteiger partial charge in [-0.2, -0.15) is 9.78 Å². The predicted octanol–water partition coefficient (Wildman–Crippen LogP) is -0.476. The van der Waals surface area contributed by atoms with Gasteiger partial charge in [0.25, 0.3) is 0 Å². The zero-order valence-electron chi connectivity index (χ0n) is 7.11. The largest absolute Gasteiger partial charge is 0.366 e. The van der Waals surface area contributed by atoms with E-state index >= 15 is 0 Å². The zero-order valence-corrected chi connectivity index (χ0v) is 7.11. The van der Waals surface area contributed by atoms with Crippen molar-refractivity contribution in [3.8, 4) is 5.82 Å². The van der Waals surface area contributed by atoms with Gasteiger partial charge in [-0.05, 0) is 22.6 Å². The van der Waals surface area contributed by atoms with Crippen LogP contribution in [0.2, 0.25) is 0 Å². The molecule has 2 aromatic heterocycles. The Morgan fingerprint density at radius 3 is 2.86 bits per heavy atom. The third-order valence-corrected chi connectivity index (χ3v) is 1.92. The van der Waals surface area contributed by atoms with Gasteiger partial charge in [-0.1, -0.05) is 0 Å². The van der Waals surface area contributed by atoms with Gasteiger partial charge in [0.1, 0.15) is 12.4 Å². The first kappa shape index (κ1) is 7.51. The highest BCUT2D eigenvalue weighted by Gasteiger charge is 2.26. The van der Waals surface area contributed by atoms with Crippen molar-refractivity contribution in [2.75, 3.05) is 6.61 Å². The summed E-state index contributed by atoms with van der Waals surface area (Å²) in [7, 11) is 0. The van der Waals surface area contributed by atoms with Gasteiger partial charge < -0.3 is 4.74 Å². The summed E-state index contributed by atoms with van der Waals surface area (Å²) in [4.78, 5) is 0. The van der Waals surface area contributed by atoms with Crippen LogP contribution in [0.25, 0.3) is 5.82 Å². The summed E-state index contributed by atoms with van der Waals surface area (Å²) in [5, 5.41) is 18.7. The molecule has 0 N–H and O–H groups in total. The molecule has 0 aliphatic carbocycles. The highest BCUT2D eigenvalue weighted by Crippen LogP contribution is 2.27. The number of hydrogen-bond acceptors (Lipinski definition) is 6. The van der Waals surface area contributed by atoms with Gasteiger partial charge in [0.15, 0.2) is 5.82 Å². The monoisotopic (exact) mass is 190 g/mol. The molecule has 70 valence electrons. The quantitative estimate of drug-likeness (QED) is 0.595. The summed E-state index contributed by atoms with van der Waals surface area (Å²) in [5.41, 5.74) is 0.849. The molecule has 1 saturated heterocycles. The minimum Gasteiger partial charge on any atom is -0.366 e. The lowest BCUT2D eigenvalue weighted by molar-refractivity contribution is 0.409. The number of ether oxygens (including phenoxy) is 1. The van der Waals surface area contributed by atoms with Crippen molar-refractivity contribution >= 4 is 0 Å². The first-order valence-electron chi connectivity index (χ1n) is 4.12. The van der Waals surface area contributed by atoms with Crippen LogP contribution in [0.3, 0.4) is 0 Å². The summed E-state index contributed by atoms with van der Waals surface area (Å²) in [5.74, 6) is 0.597. The van der Waals surface area contributed by atoms with Crippen LogP contribution in [0.1, 0.15) is 11.8 Å². The molecule has 0 aromatic carbocycles. The van der Waals surface area contributed by atoms with Crippen molar-refractivity contribution in [1.29, 1.82) is 0 Å². The molecule has 14 heavy (non-hydrogen) atoms. The maximum Gasteiger partial charge on any atom is 0.179 e. The minimum absolute atomic E-state index is 0.130. The first-order chi connectivity index (χ1) is 6.93. The standard InChI is InChI=1S/C7H6N6O/c1-2-7(13-4-8-11-12-13)10-9-5(1)6-3-14-6/h1-2,4,6H,3H2. The van der Waals surface area contributed by atoms with Gasteiger partial charge in [-0.15, -0.1) is 10.2 Å². The van der Waals surface area contributed by atoms with Gasteiger partial charge in [0, 0.05) is 0 Å². The number of hydrogen-bond donors (Lipinski definition) is 0. The van der Waals surface area contributed by atoms with E-state index in [0.29, 0.717) is 5.82 Å². The van der Waals surface area contributed by atoms with Crippen LogP contribution in [0.5, 0.6) is 0 Å². The van der Waals surface area contributed by atoms with Crippen LogP contribution >= 0.6 is 0 Å². The van der Waals surface area contributed by atoms with Crippen molar-refractivity contribution in [3.05, 3.63) is 24.2 Å². The van der Waals surface area contributed by atoms with E-state index in [1.54, 1.807) is 6.07 Å². The second-order valence-electron chi connectivity index (χ2n) is 2.89. The second kappa shape index (κ2) is 2.81. The molecule has 0 bridgehead atoms. The van der Waals surface area contributed by atoms with Crippen LogP contribution in [0.4, 0.5) is 0 Å². The zero-order chi connectivity index (χ0) is 9.38. The van der Waals surface area contributed by atoms with E-state index in [2.05, 4.69) is 25.7 Å². The fourth-order valence-corrected chi connectivity index (χ4v) is 1.11. The topological polar surface area (TPSA) is 81.9 Å². The van der Waals surface area contributed by atoms with Gasteiger partial charge >= 0.3 is 0 Å². The number of rotatable bonds is 2. The molecule has 0 spiro atoms. The Labute approximate surface area is 78.7 Å². The molecular weight excluding hydrogens is 184 g/mol. The van der Waals surface area contributed by atoms with E-state index in [9.17, 15) is 0 Å². The third-order valence-electron chi connectivity index (χ3n) is 1.92. The molecule has 1 atom stereocenters. The van der Waals surface area contributed by atoms with Gasteiger partial charge in [-0.25, -0.2) is 0 Å². The SMILES string of the molecule is c1cc(-n2cnnn2)nnc1C1CO1. The maximum atomic E-state index is 5.08. The van der Waals surface area contributed by atoms with Crippen molar-refractivity contribution < 1.29 is 4.74 Å². The average molecular weight is 190 g/mol. The lowest BCUT2D eigenvalue weighted by Crippen LogP contribution is -2.01. The molecule has 3 heterocycles. The van der Waals surface area contributed by atoms with Crippen LogP contribution < -0.4 is 0 Å². The Balaban J connectivity index is 1.93. The Bertz CT molecular complexity index is 420. The predicted molar refractivity (Wildman–Crippen MR) is 43.4 cm³/mol. The third kappa shape index (κ3) is 1.23. The van der Waals surface area contributed by atoms with E-state index in [-0.39, 0.29) is 6.10 Å². The van der Waals surface area contributed by atoms with Gasteiger partial charge in [0.2, 0.25) is 0 Å². The molecule has 3 rings (SSSR count). The van der Waals surface area contributed by atoms with E-state index in [1.165, 1.54) is 11.0 Å². The molecule has 2 aromatic rings. The molecule has 7 heteroatoms. The lowest BCUT2D eigenvalue weighted by Gasteiger charge is -1.97. The minimum atomic E-state index is 0.130. The second-order valence-corrected chi connectivity index (χ2v) is 2.89. The number of epoxide rings is 1. The smallest absolute Gasteiger partial charge is 0.179 e. The molecule has 1 aliphatic rings. The van der Waals surface area contributed by atoms with E-state index in [0.717, 1.165) is 12.3 Å². The molecule has 0 radical (unpaired) electrons.